The first-order valence-electron chi connectivity index (χ1n) is 6.29. The smallest absolute Gasteiger partial charge is 0.322 e. The first kappa shape index (κ1) is 17.9. The highest BCUT2D eigenvalue weighted by Crippen LogP contribution is 2.29. The Kier molecular flexibility index (Phi) is 4.63. The minimum absolute atomic E-state index is 0.121. The number of rotatable bonds is 3. The molecule has 10 heteroatoms. The van der Waals surface area contributed by atoms with Crippen LogP contribution in [0.3, 0.4) is 0 Å². The predicted molar refractivity (Wildman–Crippen MR) is 77.2 cm³/mol. The molecular weight excluding hydrogens is 352 g/mol. The van der Waals surface area contributed by atoms with E-state index in [4.69, 9.17) is 5.14 Å². The van der Waals surface area contributed by atoms with Crippen LogP contribution in [0.25, 0.3) is 0 Å². The number of nitrogens with one attached hydrogen (secondary N) is 1. The molecule has 2 aromatic carbocycles. The summed E-state index contributed by atoms with van der Waals surface area (Å²) in [6, 6.07) is 5.77. The van der Waals surface area contributed by atoms with Gasteiger partial charge in [-0.2, -0.15) is 13.2 Å². The van der Waals surface area contributed by atoms with Gasteiger partial charge in [0.1, 0.15) is 5.82 Å². The maximum atomic E-state index is 13.4. The van der Waals surface area contributed by atoms with E-state index < -0.39 is 38.4 Å². The van der Waals surface area contributed by atoms with Crippen LogP contribution in [0.2, 0.25) is 0 Å². The second-order valence-electron chi connectivity index (χ2n) is 4.75. The fraction of sp³-hybridized carbons (Fsp3) is 0.0714. The lowest BCUT2D eigenvalue weighted by atomic mass is 10.1. The molecule has 0 bridgehead atoms. The van der Waals surface area contributed by atoms with Gasteiger partial charge in [0.2, 0.25) is 10.0 Å². The molecular formula is C14H10F4N2O3S. The normalized spacial score (nSPS) is 12.0. The molecule has 2 aromatic rings. The van der Waals surface area contributed by atoms with E-state index in [9.17, 15) is 30.8 Å². The molecule has 0 aliphatic carbocycles. The fourth-order valence-corrected chi connectivity index (χ4v) is 2.38. The van der Waals surface area contributed by atoms with Crippen molar-refractivity contribution >= 4 is 21.6 Å². The number of amides is 1. The van der Waals surface area contributed by atoms with Crippen LogP contribution in [-0.4, -0.2) is 14.3 Å². The van der Waals surface area contributed by atoms with Crippen molar-refractivity contribution in [3.8, 4) is 0 Å². The number of primary sulfonamides is 1. The van der Waals surface area contributed by atoms with Gasteiger partial charge in [-0.15, -0.1) is 0 Å². The van der Waals surface area contributed by atoms with Gasteiger partial charge in [-0.1, -0.05) is 0 Å². The Morgan fingerprint density at radius 3 is 2.12 bits per heavy atom. The van der Waals surface area contributed by atoms with Crippen molar-refractivity contribution in [1.29, 1.82) is 0 Å². The summed E-state index contributed by atoms with van der Waals surface area (Å²) in [6.45, 7) is 0. The molecule has 5 nitrogen and oxygen atoms in total. The maximum absolute atomic E-state index is 13.4. The standard InChI is InChI=1S/C14H10F4N2O3S/c15-10-5-11(7-12(6-10)24(19,22)23)20-13(21)8-1-3-9(4-2-8)14(16,17)18/h1-7H,(H,20,21)(H2,19,22,23). The third kappa shape index (κ3) is 4.30. The summed E-state index contributed by atoms with van der Waals surface area (Å²) in [6.07, 6.45) is -4.54. The lowest BCUT2D eigenvalue weighted by molar-refractivity contribution is -0.137. The third-order valence-corrected chi connectivity index (χ3v) is 3.82. The lowest BCUT2D eigenvalue weighted by Crippen LogP contribution is -2.15. The molecule has 0 saturated carbocycles. The number of halogens is 4. The minimum Gasteiger partial charge on any atom is -0.322 e. The number of benzene rings is 2. The molecule has 1 amide bonds. The van der Waals surface area contributed by atoms with Crippen LogP contribution < -0.4 is 10.5 Å². The Bertz CT molecular complexity index is 878. The van der Waals surface area contributed by atoms with Crippen molar-refractivity contribution in [2.45, 2.75) is 11.1 Å². The van der Waals surface area contributed by atoms with Gasteiger partial charge in [0.25, 0.3) is 5.91 Å². The molecule has 0 aromatic heterocycles. The number of alkyl halides is 3. The van der Waals surface area contributed by atoms with Gasteiger partial charge in [-0.25, -0.2) is 17.9 Å². The second kappa shape index (κ2) is 6.21. The Balaban J connectivity index is 2.25. The second-order valence-corrected chi connectivity index (χ2v) is 6.31. The minimum atomic E-state index is -4.54. The Morgan fingerprint density at radius 1 is 1.04 bits per heavy atom. The number of sulfonamides is 1. The van der Waals surface area contributed by atoms with Crippen molar-refractivity contribution in [2.75, 3.05) is 5.32 Å². The number of anilines is 1. The van der Waals surface area contributed by atoms with E-state index in [1.54, 1.807) is 0 Å². The van der Waals surface area contributed by atoms with E-state index in [1.807, 2.05) is 0 Å². The van der Waals surface area contributed by atoms with E-state index >= 15 is 0 Å². The highest BCUT2D eigenvalue weighted by molar-refractivity contribution is 7.89. The summed E-state index contributed by atoms with van der Waals surface area (Å²) in [7, 11) is -4.19. The van der Waals surface area contributed by atoms with Crippen LogP contribution in [0.5, 0.6) is 0 Å². The maximum Gasteiger partial charge on any atom is 0.416 e. The Hall–Kier alpha value is -2.46. The summed E-state index contributed by atoms with van der Waals surface area (Å²) >= 11 is 0. The van der Waals surface area contributed by atoms with Gasteiger partial charge in [0.05, 0.1) is 10.5 Å². The molecule has 0 aliphatic rings. The molecule has 0 fully saturated rings. The SMILES string of the molecule is NS(=O)(=O)c1cc(F)cc(NC(=O)c2ccc(C(F)(F)F)cc2)c1. The van der Waals surface area contributed by atoms with Gasteiger partial charge < -0.3 is 5.32 Å². The van der Waals surface area contributed by atoms with Crippen LogP contribution in [-0.2, 0) is 16.2 Å². The first-order valence-corrected chi connectivity index (χ1v) is 7.83. The average Bonchev–Trinajstić information content (AvgIpc) is 2.45. The van der Waals surface area contributed by atoms with Crippen LogP contribution in [0, 0.1) is 5.82 Å². The number of hydrogen-bond acceptors (Lipinski definition) is 3. The Morgan fingerprint density at radius 2 is 1.62 bits per heavy atom. The average molecular weight is 362 g/mol. The van der Waals surface area contributed by atoms with Gasteiger partial charge in [-0.05, 0) is 42.5 Å². The van der Waals surface area contributed by atoms with Crippen molar-refractivity contribution in [2.24, 2.45) is 5.14 Å². The molecule has 0 radical (unpaired) electrons. The largest absolute Gasteiger partial charge is 0.416 e. The highest BCUT2D eigenvalue weighted by Gasteiger charge is 2.30. The lowest BCUT2D eigenvalue weighted by Gasteiger charge is -2.09. The topological polar surface area (TPSA) is 89.3 Å². The van der Waals surface area contributed by atoms with Crippen molar-refractivity contribution in [3.05, 3.63) is 59.4 Å². The molecule has 0 heterocycles. The van der Waals surface area contributed by atoms with Gasteiger partial charge in [0.15, 0.2) is 0 Å². The van der Waals surface area contributed by atoms with E-state index in [-0.39, 0.29) is 11.3 Å². The van der Waals surface area contributed by atoms with Crippen molar-refractivity contribution in [3.63, 3.8) is 0 Å². The zero-order valence-electron chi connectivity index (χ0n) is 11.8. The van der Waals surface area contributed by atoms with E-state index in [2.05, 4.69) is 5.32 Å². The summed E-state index contributed by atoms with van der Waals surface area (Å²) < 4.78 is 73.2. The van der Waals surface area contributed by atoms with Crippen molar-refractivity contribution < 1.29 is 30.8 Å². The molecule has 24 heavy (non-hydrogen) atoms. The summed E-state index contributed by atoms with van der Waals surface area (Å²) in [5.74, 6) is -1.79. The van der Waals surface area contributed by atoms with E-state index in [0.717, 1.165) is 36.4 Å². The predicted octanol–water partition coefficient (Wildman–Crippen LogP) is 2.74. The Labute approximate surface area is 134 Å². The van der Waals surface area contributed by atoms with Crippen LogP contribution >= 0.6 is 0 Å². The van der Waals surface area contributed by atoms with Crippen LogP contribution in [0.1, 0.15) is 15.9 Å². The third-order valence-electron chi connectivity index (χ3n) is 2.93. The quantitative estimate of drug-likeness (QED) is 0.823. The molecule has 0 unspecified atom stereocenters. The number of nitrogens with two attached hydrogens (primary N) is 1. The molecule has 0 saturated heterocycles. The number of carbonyl (C=O) groups excluding carboxylic acids is 1. The summed E-state index contributed by atoms with van der Waals surface area (Å²) in [5.41, 5.74) is -1.25. The monoisotopic (exact) mass is 362 g/mol. The van der Waals surface area contributed by atoms with Crippen LogP contribution in [0.15, 0.2) is 47.4 Å². The molecule has 3 N–H and O–H groups in total. The molecule has 128 valence electrons. The zero-order chi connectivity index (χ0) is 18.1. The molecule has 0 atom stereocenters. The fourth-order valence-electron chi connectivity index (χ4n) is 1.81. The number of carbonyl (C=O) groups is 1. The zero-order valence-corrected chi connectivity index (χ0v) is 12.6. The number of hydrogen-bond donors (Lipinski definition) is 2. The van der Waals surface area contributed by atoms with E-state index in [0.29, 0.717) is 6.07 Å². The summed E-state index contributed by atoms with van der Waals surface area (Å²) in [5, 5.41) is 7.07. The van der Waals surface area contributed by atoms with Gasteiger partial charge in [0, 0.05) is 11.3 Å². The summed E-state index contributed by atoms with van der Waals surface area (Å²) in [4.78, 5) is 11.4. The molecule has 0 spiro atoms. The molecule has 2 rings (SSSR count). The van der Waals surface area contributed by atoms with Crippen molar-refractivity contribution in [1.82, 2.24) is 0 Å². The van der Waals surface area contributed by atoms with E-state index in [1.165, 1.54) is 0 Å². The van der Waals surface area contributed by atoms with Gasteiger partial charge >= 0.3 is 6.18 Å². The first-order chi connectivity index (χ1) is 11.0. The van der Waals surface area contributed by atoms with Crippen LogP contribution in [0.4, 0.5) is 23.2 Å². The molecule has 0 aliphatic heterocycles. The highest BCUT2D eigenvalue weighted by atomic mass is 32.2. The van der Waals surface area contributed by atoms with Gasteiger partial charge in [-0.3, -0.25) is 4.79 Å².